The van der Waals surface area contributed by atoms with Crippen LogP contribution in [0.15, 0.2) is 65.4 Å². The Kier molecular flexibility index (Phi) is 7.20. The average molecular weight is 602 g/mol. The molecule has 0 atom stereocenters. The first-order chi connectivity index (χ1) is 17.7. The Morgan fingerprint density at radius 1 is 1.00 bits per heavy atom. The first-order valence-electron chi connectivity index (χ1n) is 12.0. The molecule has 37 heavy (non-hydrogen) atoms. The van der Waals surface area contributed by atoms with Crippen LogP contribution in [-0.4, -0.2) is 61.4 Å². The van der Waals surface area contributed by atoms with Gasteiger partial charge < -0.3 is 9.47 Å². The molecule has 1 fully saturated rings. The van der Waals surface area contributed by atoms with Gasteiger partial charge in [0.2, 0.25) is 0 Å². The summed E-state index contributed by atoms with van der Waals surface area (Å²) < 4.78 is 4.64. The summed E-state index contributed by atoms with van der Waals surface area (Å²) in [7, 11) is 0. The Morgan fingerprint density at radius 3 is 2.38 bits per heavy atom. The highest BCUT2D eigenvalue weighted by molar-refractivity contribution is 9.10. The number of nitrogens with zero attached hydrogens (tertiary/aromatic N) is 6. The minimum Gasteiger partial charge on any atom is -0.335 e. The van der Waals surface area contributed by atoms with Crippen LogP contribution >= 0.6 is 39.1 Å². The van der Waals surface area contributed by atoms with Crippen LogP contribution in [0.4, 0.5) is 0 Å². The van der Waals surface area contributed by atoms with Crippen molar-refractivity contribution in [3.63, 3.8) is 0 Å². The van der Waals surface area contributed by atoms with Crippen molar-refractivity contribution in [2.75, 3.05) is 26.2 Å². The number of aryl methyl sites for hydroxylation is 1. The van der Waals surface area contributed by atoms with Crippen molar-refractivity contribution in [3.8, 4) is 11.4 Å². The van der Waals surface area contributed by atoms with Crippen LogP contribution < -0.4 is 0 Å². The van der Waals surface area contributed by atoms with E-state index in [0.29, 0.717) is 34.5 Å². The van der Waals surface area contributed by atoms with E-state index in [1.165, 1.54) is 0 Å². The highest BCUT2D eigenvalue weighted by Gasteiger charge is 2.35. The van der Waals surface area contributed by atoms with Crippen LogP contribution in [0.5, 0.6) is 0 Å². The summed E-state index contributed by atoms with van der Waals surface area (Å²) in [6.45, 7) is 8.99. The summed E-state index contributed by atoms with van der Waals surface area (Å²) in [6, 6.07) is 15.1. The van der Waals surface area contributed by atoms with E-state index in [0.717, 1.165) is 34.5 Å². The van der Waals surface area contributed by atoms with Gasteiger partial charge in [-0.15, -0.1) is 5.10 Å². The molecule has 0 radical (unpaired) electrons. The highest BCUT2D eigenvalue weighted by Crippen LogP contribution is 2.31. The molecule has 10 heteroatoms. The van der Waals surface area contributed by atoms with Crippen molar-refractivity contribution in [2.45, 2.75) is 26.3 Å². The third-order valence-corrected chi connectivity index (χ3v) is 8.53. The van der Waals surface area contributed by atoms with E-state index in [9.17, 15) is 4.79 Å². The van der Waals surface area contributed by atoms with Gasteiger partial charge in [-0.1, -0.05) is 50.4 Å². The summed E-state index contributed by atoms with van der Waals surface area (Å²) in [5.74, 6) is -0.0463. The molecule has 2 aromatic heterocycles. The average Bonchev–Trinajstić information content (AvgIpc) is 3.56. The first-order valence-corrected chi connectivity index (χ1v) is 13.6. The third-order valence-electron chi connectivity index (χ3n) is 7.03. The van der Waals surface area contributed by atoms with Crippen LogP contribution in [0.1, 0.15) is 35.6 Å². The zero-order valence-corrected chi connectivity index (χ0v) is 23.9. The molecular formula is C27H27BrCl2N6O. The smallest absolute Gasteiger partial charge is 0.270 e. The number of aromatic nitrogens is 4. The SMILES string of the molecule is Cc1cc(-n2cc(C(C)(C)N3CCN(C(=O)c4cccn4-c4c(Cl)cccc4Cl)CC3)nn2)ccc1Br. The van der Waals surface area contributed by atoms with E-state index in [2.05, 4.69) is 58.0 Å². The van der Waals surface area contributed by atoms with Crippen LogP contribution in [0.2, 0.25) is 10.0 Å². The van der Waals surface area contributed by atoms with Gasteiger partial charge in [-0.05, 0) is 68.8 Å². The normalized spacial score (nSPS) is 14.8. The maximum absolute atomic E-state index is 13.5. The molecule has 3 heterocycles. The van der Waals surface area contributed by atoms with Crippen LogP contribution in [0.25, 0.3) is 11.4 Å². The predicted molar refractivity (Wildman–Crippen MR) is 150 cm³/mol. The number of rotatable bonds is 5. The van der Waals surface area contributed by atoms with Crippen molar-refractivity contribution >= 4 is 45.0 Å². The molecule has 1 aliphatic heterocycles. The fraction of sp³-hybridized carbons (Fsp3) is 0.296. The largest absolute Gasteiger partial charge is 0.335 e. The van der Waals surface area contributed by atoms with E-state index < -0.39 is 0 Å². The van der Waals surface area contributed by atoms with Crippen molar-refractivity contribution in [1.82, 2.24) is 29.4 Å². The van der Waals surface area contributed by atoms with Gasteiger partial charge in [0.25, 0.3) is 5.91 Å². The second kappa shape index (κ2) is 10.3. The number of carbonyl (C=O) groups excluding carboxylic acids is 1. The molecule has 1 aliphatic rings. The molecule has 4 aromatic rings. The van der Waals surface area contributed by atoms with Crippen LogP contribution in [-0.2, 0) is 5.54 Å². The van der Waals surface area contributed by atoms with E-state index in [1.807, 2.05) is 40.2 Å². The lowest BCUT2D eigenvalue weighted by Gasteiger charge is -2.43. The number of piperazine rings is 1. The Balaban J connectivity index is 1.29. The third kappa shape index (κ3) is 4.95. The van der Waals surface area contributed by atoms with E-state index in [-0.39, 0.29) is 11.4 Å². The molecular weight excluding hydrogens is 575 g/mol. The molecule has 1 amide bonds. The number of benzene rings is 2. The maximum Gasteiger partial charge on any atom is 0.270 e. The topological polar surface area (TPSA) is 59.2 Å². The second-order valence-electron chi connectivity index (χ2n) is 9.65. The van der Waals surface area contributed by atoms with Crippen molar-refractivity contribution in [2.24, 2.45) is 0 Å². The molecule has 192 valence electrons. The van der Waals surface area contributed by atoms with E-state index in [4.69, 9.17) is 23.2 Å². The van der Waals surface area contributed by atoms with Crippen molar-refractivity contribution < 1.29 is 4.79 Å². The van der Waals surface area contributed by atoms with E-state index in [1.54, 1.807) is 28.8 Å². The molecule has 2 aromatic carbocycles. The summed E-state index contributed by atoms with van der Waals surface area (Å²) in [5, 5.41) is 9.87. The van der Waals surface area contributed by atoms with Gasteiger partial charge in [0.05, 0.1) is 33.2 Å². The monoisotopic (exact) mass is 600 g/mol. The number of hydrogen-bond acceptors (Lipinski definition) is 4. The van der Waals surface area contributed by atoms with Crippen molar-refractivity contribution in [1.29, 1.82) is 0 Å². The zero-order valence-electron chi connectivity index (χ0n) is 20.8. The molecule has 1 saturated heterocycles. The van der Waals surface area contributed by atoms with E-state index >= 15 is 0 Å². The molecule has 0 unspecified atom stereocenters. The quantitative estimate of drug-likeness (QED) is 0.276. The van der Waals surface area contributed by atoms with Gasteiger partial charge in [0.15, 0.2) is 0 Å². The van der Waals surface area contributed by atoms with Gasteiger partial charge in [0.1, 0.15) is 11.4 Å². The molecule has 0 saturated carbocycles. The van der Waals surface area contributed by atoms with Crippen molar-refractivity contribution in [3.05, 3.63) is 92.4 Å². The number of carbonyl (C=O) groups is 1. The van der Waals surface area contributed by atoms with Gasteiger partial charge in [-0.2, -0.15) is 0 Å². The van der Waals surface area contributed by atoms with Crippen LogP contribution in [0.3, 0.4) is 0 Å². The summed E-state index contributed by atoms with van der Waals surface area (Å²) in [5.41, 5.74) is 3.79. The Bertz CT molecular complexity index is 1430. The van der Waals surface area contributed by atoms with Gasteiger partial charge in [-0.3, -0.25) is 9.69 Å². The molecule has 0 aliphatic carbocycles. The predicted octanol–water partition coefficient (Wildman–Crippen LogP) is 6.13. The minimum absolute atomic E-state index is 0.0463. The highest BCUT2D eigenvalue weighted by atomic mass is 79.9. The molecule has 0 bridgehead atoms. The fourth-order valence-electron chi connectivity index (χ4n) is 4.70. The maximum atomic E-state index is 13.5. The first kappa shape index (κ1) is 26.0. The molecule has 0 spiro atoms. The Hall–Kier alpha value is -2.65. The number of hydrogen-bond donors (Lipinski definition) is 0. The standard InChI is InChI=1S/C27H27BrCl2N6O/c1-18-16-19(9-10-20(18)28)36-17-24(31-32-36)27(2,3)34-14-12-33(13-15-34)26(37)23-8-5-11-35(23)25-21(29)6-4-7-22(25)30/h4-11,16-17H,12-15H2,1-3H3. The number of amides is 1. The Morgan fingerprint density at radius 2 is 1.70 bits per heavy atom. The lowest BCUT2D eigenvalue weighted by molar-refractivity contribution is 0.0373. The molecule has 0 N–H and O–H groups in total. The minimum atomic E-state index is -0.344. The summed E-state index contributed by atoms with van der Waals surface area (Å²) >= 11 is 16.4. The summed E-state index contributed by atoms with van der Waals surface area (Å²) in [6.07, 6.45) is 3.80. The lowest BCUT2D eigenvalue weighted by Crippen LogP contribution is -2.54. The Labute approximate surface area is 234 Å². The fourth-order valence-corrected chi connectivity index (χ4v) is 5.53. The second-order valence-corrected chi connectivity index (χ2v) is 11.3. The van der Waals surface area contributed by atoms with Gasteiger partial charge in [-0.25, -0.2) is 4.68 Å². The molecule has 7 nitrogen and oxygen atoms in total. The zero-order chi connectivity index (χ0) is 26.3. The molecule has 5 rings (SSSR count). The van der Waals surface area contributed by atoms with Gasteiger partial charge in [0, 0.05) is 36.8 Å². The lowest BCUT2D eigenvalue weighted by atomic mass is 9.97. The number of halogens is 3. The van der Waals surface area contributed by atoms with Crippen LogP contribution in [0, 0.1) is 6.92 Å². The number of para-hydroxylation sites is 1. The van der Waals surface area contributed by atoms with Gasteiger partial charge >= 0.3 is 0 Å². The summed E-state index contributed by atoms with van der Waals surface area (Å²) in [4.78, 5) is 17.7.